The predicted molar refractivity (Wildman–Crippen MR) is 30.8 cm³/mol. The maximum absolute atomic E-state index is 5.45. The van der Waals surface area contributed by atoms with Gasteiger partial charge in [0.25, 0.3) is 0 Å². The second-order valence-electron chi connectivity index (χ2n) is 1.49. The third kappa shape index (κ3) is 0.842. The van der Waals surface area contributed by atoms with Crippen LogP contribution in [0.15, 0.2) is 10.8 Å². The number of hydrogen-bond acceptors (Lipinski definition) is 2. The van der Waals surface area contributed by atoms with Crippen LogP contribution in [0.4, 0.5) is 0 Å². The van der Waals surface area contributed by atoms with Crippen molar-refractivity contribution in [3.05, 3.63) is 17.8 Å². The molecule has 0 N–H and O–H groups in total. The molecule has 1 rings (SSSR count). The lowest BCUT2D eigenvalue weighted by Crippen LogP contribution is -1.77. The minimum atomic E-state index is 0.433. The highest BCUT2D eigenvalue weighted by atomic mass is 35.5. The highest BCUT2D eigenvalue weighted by molar-refractivity contribution is 6.16. The lowest BCUT2D eigenvalue weighted by atomic mass is 10.4. The smallest absolute Gasteiger partial charge is 0.181 e. The van der Waals surface area contributed by atoms with Crippen molar-refractivity contribution in [2.45, 2.75) is 12.8 Å². The SMILES string of the molecule is Cc1ocnc1CCl. The Kier molecular flexibility index (Phi) is 1.53. The minimum absolute atomic E-state index is 0.433. The Morgan fingerprint density at radius 2 is 2.62 bits per heavy atom. The summed E-state index contributed by atoms with van der Waals surface area (Å²) in [7, 11) is 0. The summed E-state index contributed by atoms with van der Waals surface area (Å²) in [5.41, 5.74) is 0.826. The maximum atomic E-state index is 5.45. The van der Waals surface area contributed by atoms with Crippen LogP contribution in [0.3, 0.4) is 0 Å². The van der Waals surface area contributed by atoms with Crippen molar-refractivity contribution in [2.75, 3.05) is 0 Å². The van der Waals surface area contributed by atoms with Crippen LogP contribution in [-0.4, -0.2) is 4.98 Å². The van der Waals surface area contributed by atoms with Gasteiger partial charge in [-0.15, -0.1) is 11.6 Å². The predicted octanol–water partition coefficient (Wildman–Crippen LogP) is 1.72. The molecule has 0 spiro atoms. The van der Waals surface area contributed by atoms with Crippen LogP contribution < -0.4 is 0 Å². The van der Waals surface area contributed by atoms with Gasteiger partial charge in [0, 0.05) is 0 Å². The number of nitrogens with zero attached hydrogens (tertiary/aromatic N) is 1. The van der Waals surface area contributed by atoms with E-state index in [1.54, 1.807) is 0 Å². The van der Waals surface area contributed by atoms with E-state index in [2.05, 4.69) is 4.98 Å². The summed E-state index contributed by atoms with van der Waals surface area (Å²) in [4.78, 5) is 3.84. The highest BCUT2D eigenvalue weighted by Gasteiger charge is 1.97. The zero-order valence-corrected chi connectivity index (χ0v) is 5.27. The van der Waals surface area contributed by atoms with Crippen LogP contribution in [-0.2, 0) is 5.88 Å². The van der Waals surface area contributed by atoms with E-state index in [-0.39, 0.29) is 0 Å². The van der Waals surface area contributed by atoms with Crippen LogP contribution in [0.5, 0.6) is 0 Å². The molecule has 2 nitrogen and oxygen atoms in total. The van der Waals surface area contributed by atoms with Crippen LogP contribution in [0.1, 0.15) is 11.5 Å². The van der Waals surface area contributed by atoms with Gasteiger partial charge in [-0.1, -0.05) is 0 Å². The fourth-order valence-electron chi connectivity index (χ4n) is 0.457. The minimum Gasteiger partial charge on any atom is -0.448 e. The lowest BCUT2D eigenvalue weighted by Gasteiger charge is -1.82. The first-order valence-corrected chi connectivity index (χ1v) is 2.83. The molecule has 0 aliphatic heterocycles. The Hall–Kier alpha value is -0.500. The standard InChI is InChI=1S/C5H6ClNO/c1-4-5(2-6)7-3-8-4/h3H,2H2,1H3. The molecule has 0 radical (unpaired) electrons. The van der Waals surface area contributed by atoms with Gasteiger partial charge in [0.1, 0.15) is 5.76 Å². The molecule has 1 aromatic rings. The zero-order valence-electron chi connectivity index (χ0n) is 4.52. The Bertz CT molecular complexity index is 173. The molecular weight excluding hydrogens is 126 g/mol. The Labute approximate surface area is 52.5 Å². The number of alkyl halides is 1. The molecule has 0 aliphatic rings. The van der Waals surface area contributed by atoms with Crippen molar-refractivity contribution in [2.24, 2.45) is 0 Å². The van der Waals surface area contributed by atoms with Crippen molar-refractivity contribution in [1.29, 1.82) is 0 Å². The summed E-state index contributed by atoms with van der Waals surface area (Å²) in [6.07, 6.45) is 1.40. The van der Waals surface area contributed by atoms with Gasteiger partial charge in [0.05, 0.1) is 11.6 Å². The Balaban J connectivity index is 2.92. The third-order valence-corrected chi connectivity index (χ3v) is 1.22. The first kappa shape index (κ1) is 5.63. The average molecular weight is 132 g/mol. The van der Waals surface area contributed by atoms with Gasteiger partial charge in [0.2, 0.25) is 0 Å². The normalized spacial score (nSPS) is 9.75. The van der Waals surface area contributed by atoms with Gasteiger partial charge < -0.3 is 4.42 Å². The summed E-state index contributed by atoms with van der Waals surface area (Å²) in [5, 5.41) is 0. The summed E-state index contributed by atoms with van der Waals surface area (Å²) in [6, 6.07) is 0. The number of rotatable bonds is 1. The van der Waals surface area contributed by atoms with Crippen LogP contribution in [0.2, 0.25) is 0 Å². The molecule has 0 bridgehead atoms. The topological polar surface area (TPSA) is 26.0 Å². The Morgan fingerprint density at radius 3 is 2.88 bits per heavy atom. The number of aryl methyl sites for hydroxylation is 1. The summed E-state index contributed by atoms with van der Waals surface area (Å²) in [5.74, 6) is 1.24. The zero-order chi connectivity index (χ0) is 5.98. The molecule has 0 saturated carbocycles. The molecule has 1 heterocycles. The van der Waals surface area contributed by atoms with Crippen LogP contribution >= 0.6 is 11.6 Å². The fraction of sp³-hybridized carbons (Fsp3) is 0.400. The van der Waals surface area contributed by atoms with Gasteiger partial charge in [0.15, 0.2) is 6.39 Å². The van der Waals surface area contributed by atoms with Crippen molar-refractivity contribution >= 4 is 11.6 Å². The molecule has 44 valence electrons. The van der Waals surface area contributed by atoms with E-state index >= 15 is 0 Å². The molecule has 1 aromatic heterocycles. The highest BCUT2D eigenvalue weighted by Crippen LogP contribution is 2.05. The van der Waals surface area contributed by atoms with E-state index in [1.807, 2.05) is 6.92 Å². The maximum Gasteiger partial charge on any atom is 0.181 e. The van der Waals surface area contributed by atoms with E-state index in [4.69, 9.17) is 16.0 Å². The molecule has 8 heavy (non-hydrogen) atoms. The molecule has 0 saturated heterocycles. The van der Waals surface area contributed by atoms with Crippen molar-refractivity contribution < 1.29 is 4.42 Å². The van der Waals surface area contributed by atoms with Gasteiger partial charge in [-0.05, 0) is 6.92 Å². The van der Waals surface area contributed by atoms with Crippen molar-refractivity contribution in [3.63, 3.8) is 0 Å². The molecule has 0 unspecified atom stereocenters. The third-order valence-electron chi connectivity index (χ3n) is 0.971. The monoisotopic (exact) mass is 131 g/mol. The van der Waals surface area contributed by atoms with E-state index in [1.165, 1.54) is 6.39 Å². The molecule has 0 amide bonds. The van der Waals surface area contributed by atoms with Gasteiger partial charge in [-0.25, -0.2) is 4.98 Å². The second-order valence-corrected chi connectivity index (χ2v) is 1.76. The van der Waals surface area contributed by atoms with Crippen LogP contribution in [0, 0.1) is 6.92 Å². The number of oxazole rings is 1. The summed E-state index contributed by atoms with van der Waals surface area (Å²) in [6.45, 7) is 1.84. The van der Waals surface area contributed by atoms with E-state index in [0.717, 1.165) is 11.5 Å². The Morgan fingerprint density at radius 1 is 1.88 bits per heavy atom. The van der Waals surface area contributed by atoms with Gasteiger partial charge in [-0.3, -0.25) is 0 Å². The van der Waals surface area contributed by atoms with Crippen LogP contribution in [0.25, 0.3) is 0 Å². The van der Waals surface area contributed by atoms with E-state index in [0.29, 0.717) is 5.88 Å². The first-order valence-electron chi connectivity index (χ1n) is 2.29. The van der Waals surface area contributed by atoms with E-state index < -0.39 is 0 Å². The molecule has 0 aromatic carbocycles. The molecule has 0 fully saturated rings. The number of hydrogen-bond donors (Lipinski definition) is 0. The fourth-order valence-corrected chi connectivity index (χ4v) is 0.714. The first-order chi connectivity index (χ1) is 3.84. The molecular formula is C5H6ClNO. The van der Waals surface area contributed by atoms with Gasteiger partial charge >= 0.3 is 0 Å². The summed E-state index contributed by atoms with van der Waals surface area (Å²) < 4.78 is 4.86. The summed E-state index contributed by atoms with van der Waals surface area (Å²) >= 11 is 5.45. The second kappa shape index (κ2) is 2.18. The largest absolute Gasteiger partial charge is 0.448 e. The van der Waals surface area contributed by atoms with Crippen molar-refractivity contribution in [3.8, 4) is 0 Å². The van der Waals surface area contributed by atoms with Gasteiger partial charge in [-0.2, -0.15) is 0 Å². The quantitative estimate of drug-likeness (QED) is 0.543. The van der Waals surface area contributed by atoms with Crippen molar-refractivity contribution in [1.82, 2.24) is 4.98 Å². The molecule has 3 heteroatoms. The lowest BCUT2D eigenvalue weighted by molar-refractivity contribution is 0.525. The molecule has 0 aliphatic carbocycles. The number of aromatic nitrogens is 1. The molecule has 0 atom stereocenters. The number of halogens is 1. The van der Waals surface area contributed by atoms with E-state index in [9.17, 15) is 0 Å². The average Bonchev–Trinajstić information content (AvgIpc) is 2.14.